The van der Waals surface area contributed by atoms with E-state index in [4.69, 9.17) is 0 Å². The largest absolute Gasteiger partial charge is 0.395 e. The number of benzene rings is 3. The van der Waals surface area contributed by atoms with Crippen LogP contribution in [0.2, 0.25) is 0 Å². The smallest absolute Gasteiger partial charge is 0.283 e. The van der Waals surface area contributed by atoms with Gasteiger partial charge in [0.25, 0.3) is 17.5 Å². The SMILES string of the molecule is O=C1c2cccc([N+](=O)[O-])c2C(=O)N1c1cc(CN2CCN(CCO)CC2)ccc1C=Cc1n[nH]c2ccccc12. The number of β-amino-alcohol motifs (C(OH)–C–C–N with tert-alkyl or cyclic N) is 1. The fourth-order valence-corrected chi connectivity index (χ4v) is 5.51. The number of amides is 2. The molecule has 0 saturated carbocycles. The summed E-state index contributed by atoms with van der Waals surface area (Å²) in [5.41, 5.74) is 2.89. The number of nitro benzene ring substituents is 1. The van der Waals surface area contributed by atoms with Crippen LogP contribution in [0.25, 0.3) is 23.1 Å². The number of nitrogens with zero attached hydrogens (tertiary/aromatic N) is 5. The Kier molecular flexibility index (Phi) is 7.14. The molecule has 6 rings (SSSR count). The van der Waals surface area contributed by atoms with Gasteiger partial charge in [-0.3, -0.25) is 34.6 Å². The molecular formula is C30H28N6O5. The molecule has 2 N–H and O–H groups in total. The highest BCUT2D eigenvalue weighted by atomic mass is 16.6. The van der Waals surface area contributed by atoms with Gasteiger partial charge in [-0.25, -0.2) is 4.90 Å². The van der Waals surface area contributed by atoms with Crippen LogP contribution in [0.1, 0.15) is 37.5 Å². The van der Waals surface area contributed by atoms with Crippen molar-refractivity contribution in [2.24, 2.45) is 0 Å². The second-order valence-electron chi connectivity index (χ2n) is 10.1. The number of hydrogen-bond acceptors (Lipinski definition) is 8. The van der Waals surface area contributed by atoms with Gasteiger partial charge in [0.05, 0.1) is 34.0 Å². The molecule has 0 bridgehead atoms. The third-order valence-electron chi connectivity index (χ3n) is 7.63. The minimum absolute atomic E-state index is 0.0165. The molecule has 3 heterocycles. The van der Waals surface area contributed by atoms with E-state index in [2.05, 4.69) is 20.0 Å². The minimum Gasteiger partial charge on any atom is -0.395 e. The van der Waals surface area contributed by atoms with Crippen LogP contribution >= 0.6 is 0 Å². The van der Waals surface area contributed by atoms with E-state index in [-0.39, 0.29) is 23.4 Å². The molecule has 2 aliphatic heterocycles. The van der Waals surface area contributed by atoms with E-state index in [9.17, 15) is 24.8 Å². The summed E-state index contributed by atoms with van der Waals surface area (Å²) in [5, 5.41) is 29.2. The maximum atomic E-state index is 13.6. The summed E-state index contributed by atoms with van der Waals surface area (Å²) in [6, 6.07) is 17.5. The summed E-state index contributed by atoms with van der Waals surface area (Å²) in [6.45, 7) is 4.71. The van der Waals surface area contributed by atoms with Gasteiger partial charge >= 0.3 is 0 Å². The molecular weight excluding hydrogens is 524 g/mol. The van der Waals surface area contributed by atoms with Gasteiger partial charge in [0, 0.05) is 50.7 Å². The van der Waals surface area contributed by atoms with Crippen molar-refractivity contribution in [3.63, 3.8) is 0 Å². The lowest BCUT2D eigenvalue weighted by Gasteiger charge is -2.34. The van der Waals surface area contributed by atoms with Crippen molar-refractivity contribution in [3.05, 3.63) is 98.7 Å². The Morgan fingerprint density at radius 1 is 0.951 bits per heavy atom. The molecule has 0 radical (unpaired) electrons. The molecule has 1 fully saturated rings. The first-order chi connectivity index (χ1) is 19.9. The highest BCUT2D eigenvalue weighted by Crippen LogP contribution is 2.36. The lowest BCUT2D eigenvalue weighted by Crippen LogP contribution is -2.46. The number of imide groups is 1. The number of anilines is 1. The number of aliphatic hydroxyl groups is 1. The molecule has 11 nitrogen and oxygen atoms in total. The summed E-state index contributed by atoms with van der Waals surface area (Å²) in [4.78, 5) is 43.7. The van der Waals surface area contributed by atoms with Crippen molar-refractivity contribution < 1.29 is 19.6 Å². The van der Waals surface area contributed by atoms with Crippen molar-refractivity contribution in [1.29, 1.82) is 0 Å². The normalized spacial score (nSPS) is 16.3. The van der Waals surface area contributed by atoms with Gasteiger partial charge in [0.2, 0.25) is 0 Å². The predicted molar refractivity (Wildman–Crippen MR) is 155 cm³/mol. The van der Waals surface area contributed by atoms with Gasteiger partial charge in [0.15, 0.2) is 0 Å². The van der Waals surface area contributed by atoms with Crippen LogP contribution in [-0.4, -0.2) is 81.2 Å². The molecule has 41 heavy (non-hydrogen) atoms. The fraction of sp³-hybridized carbons (Fsp3) is 0.233. The lowest BCUT2D eigenvalue weighted by molar-refractivity contribution is -0.385. The van der Waals surface area contributed by atoms with Crippen molar-refractivity contribution >= 4 is 46.2 Å². The number of rotatable bonds is 8. The second-order valence-corrected chi connectivity index (χ2v) is 10.1. The number of aromatic nitrogens is 2. The fourth-order valence-electron chi connectivity index (χ4n) is 5.51. The molecule has 2 amide bonds. The van der Waals surface area contributed by atoms with E-state index in [0.717, 1.165) is 47.5 Å². The number of para-hydroxylation sites is 1. The zero-order valence-corrected chi connectivity index (χ0v) is 22.2. The molecule has 0 aliphatic carbocycles. The van der Waals surface area contributed by atoms with Crippen LogP contribution in [0.4, 0.5) is 11.4 Å². The van der Waals surface area contributed by atoms with Crippen LogP contribution in [0.3, 0.4) is 0 Å². The van der Waals surface area contributed by atoms with Gasteiger partial charge in [-0.1, -0.05) is 42.5 Å². The van der Waals surface area contributed by atoms with E-state index in [1.807, 2.05) is 48.5 Å². The average molecular weight is 553 g/mol. The van der Waals surface area contributed by atoms with E-state index in [0.29, 0.717) is 30.0 Å². The Morgan fingerprint density at radius 2 is 1.73 bits per heavy atom. The molecule has 11 heteroatoms. The molecule has 0 unspecified atom stereocenters. The first kappa shape index (κ1) is 26.5. The number of carbonyl (C=O) groups excluding carboxylic acids is 2. The summed E-state index contributed by atoms with van der Waals surface area (Å²) < 4.78 is 0. The maximum absolute atomic E-state index is 13.6. The predicted octanol–water partition coefficient (Wildman–Crippen LogP) is 3.55. The topological polar surface area (TPSA) is 136 Å². The van der Waals surface area contributed by atoms with Gasteiger partial charge in [-0.2, -0.15) is 5.10 Å². The Labute approximate surface area is 235 Å². The molecule has 2 aliphatic rings. The van der Waals surface area contributed by atoms with Crippen LogP contribution < -0.4 is 4.90 Å². The van der Waals surface area contributed by atoms with Crippen molar-refractivity contribution in [2.45, 2.75) is 6.54 Å². The number of hydrogen-bond donors (Lipinski definition) is 2. The third kappa shape index (κ3) is 5.02. The zero-order valence-electron chi connectivity index (χ0n) is 22.2. The minimum atomic E-state index is -0.716. The quantitative estimate of drug-likeness (QED) is 0.192. The first-order valence-corrected chi connectivity index (χ1v) is 13.4. The Bertz CT molecular complexity index is 1690. The monoisotopic (exact) mass is 552 g/mol. The number of aliphatic hydroxyl groups excluding tert-OH is 1. The van der Waals surface area contributed by atoms with Gasteiger partial charge in [0.1, 0.15) is 5.56 Å². The standard InChI is InChI=1S/C30H28N6O5/c37-17-16-33-12-14-34(15-13-33)19-20-8-9-21(10-11-25-22-4-1-2-6-24(22)31-32-25)27(18-20)35-29(38)23-5-3-7-26(36(40)41)28(23)30(35)39/h1-11,18,37H,12-17,19H2,(H,31,32). The average Bonchev–Trinajstić information content (AvgIpc) is 3.51. The van der Waals surface area contributed by atoms with E-state index >= 15 is 0 Å². The van der Waals surface area contributed by atoms with E-state index in [1.165, 1.54) is 18.2 Å². The maximum Gasteiger partial charge on any atom is 0.283 e. The molecule has 4 aromatic rings. The number of piperazine rings is 1. The first-order valence-electron chi connectivity index (χ1n) is 13.4. The molecule has 0 atom stereocenters. The van der Waals surface area contributed by atoms with Gasteiger partial charge in [-0.05, 0) is 35.4 Å². The summed E-state index contributed by atoms with van der Waals surface area (Å²) in [5.74, 6) is -1.31. The van der Waals surface area contributed by atoms with Crippen LogP contribution in [0.5, 0.6) is 0 Å². The molecule has 3 aromatic carbocycles. The highest BCUT2D eigenvalue weighted by Gasteiger charge is 2.42. The van der Waals surface area contributed by atoms with Crippen molar-refractivity contribution in [2.75, 3.05) is 44.2 Å². The van der Waals surface area contributed by atoms with Gasteiger partial charge < -0.3 is 5.11 Å². The van der Waals surface area contributed by atoms with Crippen LogP contribution in [0, 0.1) is 10.1 Å². The number of nitrogens with one attached hydrogen (secondary N) is 1. The zero-order chi connectivity index (χ0) is 28.5. The van der Waals surface area contributed by atoms with E-state index < -0.39 is 16.7 Å². The van der Waals surface area contributed by atoms with Crippen LogP contribution in [0.15, 0.2) is 60.7 Å². The highest BCUT2D eigenvalue weighted by molar-refractivity contribution is 6.36. The second kappa shape index (κ2) is 11.0. The summed E-state index contributed by atoms with van der Waals surface area (Å²) in [7, 11) is 0. The summed E-state index contributed by atoms with van der Waals surface area (Å²) in [6.07, 6.45) is 3.62. The molecule has 0 spiro atoms. The van der Waals surface area contributed by atoms with Crippen molar-refractivity contribution in [3.8, 4) is 0 Å². The van der Waals surface area contributed by atoms with E-state index in [1.54, 1.807) is 6.08 Å². The number of H-pyrrole nitrogens is 1. The number of aromatic amines is 1. The van der Waals surface area contributed by atoms with Gasteiger partial charge in [-0.15, -0.1) is 0 Å². The Hall–Kier alpha value is -4.71. The lowest BCUT2D eigenvalue weighted by atomic mass is 10.1. The van der Waals surface area contributed by atoms with Crippen LogP contribution in [-0.2, 0) is 6.54 Å². The summed E-state index contributed by atoms with van der Waals surface area (Å²) >= 11 is 0. The number of carbonyl (C=O) groups is 2. The van der Waals surface area contributed by atoms with Crippen molar-refractivity contribution in [1.82, 2.24) is 20.0 Å². The molecule has 1 aromatic heterocycles. The molecule has 208 valence electrons. The Morgan fingerprint density at radius 3 is 2.51 bits per heavy atom. The number of nitro groups is 1. The Balaban J connectivity index is 1.37. The molecule has 1 saturated heterocycles. The number of fused-ring (bicyclic) bond motifs is 2. The third-order valence-corrected chi connectivity index (χ3v) is 7.63.